The van der Waals surface area contributed by atoms with E-state index in [-0.39, 0.29) is 5.91 Å². The lowest BCUT2D eigenvalue weighted by molar-refractivity contribution is 0.0973. The molecule has 2 aliphatic heterocycles. The Morgan fingerprint density at radius 1 is 0.868 bits per heavy atom. The highest BCUT2D eigenvalue weighted by Crippen LogP contribution is 2.29. The molecule has 6 nitrogen and oxygen atoms in total. The minimum absolute atomic E-state index is 0.198. The minimum Gasteiger partial charge on any atom is -0.496 e. The average Bonchev–Trinajstić information content (AvgIpc) is 3.57. The largest absolute Gasteiger partial charge is 0.496 e. The molecule has 7 heteroatoms. The fourth-order valence-electron chi connectivity index (χ4n) is 4.37. The molecule has 1 amide bonds. The van der Waals surface area contributed by atoms with Crippen molar-refractivity contribution in [2.24, 2.45) is 9.98 Å². The lowest BCUT2D eigenvalue weighted by Crippen LogP contribution is -2.30. The molecule has 2 aliphatic rings. The van der Waals surface area contributed by atoms with Gasteiger partial charge >= 0.3 is 0 Å². The molecule has 0 bridgehead atoms. The number of ether oxygens (including phenoxy) is 1. The van der Waals surface area contributed by atoms with Crippen molar-refractivity contribution >= 4 is 46.3 Å². The first-order valence-electron chi connectivity index (χ1n) is 12.2. The van der Waals surface area contributed by atoms with Gasteiger partial charge in [0.15, 0.2) is 0 Å². The first-order chi connectivity index (χ1) is 18.5. The van der Waals surface area contributed by atoms with Gasteiger partial charge in [-0.2, -0.15) is 0 Å². The van der Waals surface area contributed by atoms with Crippen molar-refractivity contribution in [3.05, 3.63) is 113 Å². The number of carbonyl (C=O) groups is 1. The smallest absolute Gasteiger partial charge is 0.260 e. The number of para-hydroxylation sites is 2. The molecule has 0 radical (unpaired) electrons. The molecule has 0 spiro atoms. The molecule has 190 valence electrons. The van der Waals surface area contributed by atoms with Crippen molar-refractivity contribution in [1.82, 2.24) is 5.32 Å². The van der Waals surface area contributed by atoms with Gasteiger partial charge in [0.05, 0.1) is 29.8 Å². The number of methoxy groups -OCH3 is 1. The van der Waals surface area contributed by atoms with Gasteiger partial charge in [-0.3, -0.25) is 9.79 Å². The van der Waals surface area contributed by atoms with Gasteiger partial charge in [-0.25, -0.2) is 4.99 Å². The fourth-order valence-corrected chi connectivity index (χ4v) is 4.80. The van der Waals surface area contributed by atoms with Gasteiger partial charge in [0, 0.05) is 23.4 Å². The van der Waals surface area contributed by atoms with Crippen molar-refractivity contribution in [2.45, 2.75) is 17.7 Å². The topological polar surface area (TPSA) is 89.1 Å². The zero-order chi connectivity index (χ0) is 26.5. The summed E-state index contributed by atoms with van der Waals surface area (Å²) in [5, 5.41) is 2.88. The van der Waals surface area contributed by atoms with E-state index >= 15 is 0 Å². The number of amidine groups is 1. The maximum Gasteiger partial charge on any atom is 0.260 e. The number of fused-ring (bicyclic) bond motifs is 2. The summed E-state index contributed by atoms with van der Waals surface area (Å²) in [5.41, 5.74) is 13.7. The molecule has 4 aromatic carbocycles. The van der Waals surface area contributed by atoms with Gasteiger partial charge in [0.25, 0.3) is 5.91 Å². The Balaban J connectivity index is 0.000000162. The molecule has 0 fully saturated rings. The highest BCUT2D eigenvalue weighted by atomic mass is 32.2. The van der Waals surface area contributed by atoms with Crippen LogP contribution in [-0.2, 0) is 12.8 Å². The Labute approximate surface area is 226 Å². The number of thioether (sulfide) groups is 1. The zero-order valence-electron chi connectivity index (χ0n) is 21.3. The predicted octanol–water partition coefficient (Wildman–Crippen LogP) is 6.38. The quantitative estimate of drug-likeness (QED) is 0.241. The van der Waals surface area contributed by atoms with Crippen molar-refractivity contribution in [1.29, 1.82) is 0 Å². The van der Waals surface area contributed by atoms with Gasteiger partial charge in [-0.1, -0.05) is 48.5 Å². The summed E-state index contributed by atoms with van der Waals surface area (Å²) in [6.45, 7) is 0. The van der Waals surface area contributed by atoms with Gasteiger partial charge in [0.2, 0.25) is 0 Å². The number of hydrogen-bond acceptors (Lipinski definition) is 6. The molecule has 0 saturated carbocycles. The molecular weight excluding hydrogens is 492 g/mol. The van der Waals surface area contributed by atoms with Crippen LogP contribution in [-0.4, -0.2) is 30.8 Å². The summed E-state index contributed by atoms with van der Waals surface area (Å²) in [6.07, 6.45) is 3.55. The van der Waals surface area contributed by atoms with Crippen molar-refractivity contribution in [2.75, 3.05) is 19.1 Å². The van der Waals surface area contributed by atoms with Crippen molar-refractivity contribution in [3.8, 4) is 5.75 Å². The van der Waals surface area contributed by atoms with E-state index in [0.29, 0.717) is 23.6 Å². The van der Waals surface area contributed by atoms with Crippen LogP contribution in [0.3, 0.4) is 0 Å². The van der Waals surface area contributed by atoms with Gasteiger partial charge < -0.3 is 15.8 Å². The summed E-state index contributed by atoms with van der Waals surface area (Å²) in [5.74, 6) is 1.04. The molecule has 0 aliphatic carbocycles. The molecule has 0 saturated heterocycles. The van der Waals surface area contributed by atoms with E-state index < -0.39 is 0 Å². The molecule has 4 aromatic rings. The maximum absolute atomic E-state index is 12.5. The number of rotatable bonds is 4. The summed E-state index contributed by atoms with van der Waals surface area (Å²) in [7, 11) is 1.57. The SMILES string of the molecule is COc1cc(SC)ccc1C(=O)NC1=Nc2ccccc2C1.Nc1ccc(C2=Nc3ccccc3C2)cc1. The summed E-state index contributed by atoms with van der Waals surface area (Å²) < 4.78 is 5.32. The van der Waals surface area contributed by atoms with E-state index in [2.05, 4.69) is 33.5 Å². The molecule has 0 atom stereocenters. The first-order valence-corrected chi connectivity index (χ1v) is 13.5. The Morgan fingerprint density at radius 3 is 2.16 bits per heavy atom. The number of nitrogens with two attached hydrogens (primary N) is 1. The van der Waals surface area contributed by atoms with Gasteiger partial charge in [-0.15, -0.1) is 11.8 Å². The summed E-state index contributed by atoms with van der Waals surface area (Å²) in [4.78, 5) is 22.6. The number of nitrogens with zero attached hydrogens (tertiary/aromatic N) is 2. The van der Waals surface area contributed by atoms with Crippen LogP contribution < -0.4 is 15.8 Å². The molecular formula is C31H28N4O2S. The number of aliphatic imine (C=N–C) groups is 2. The van der Waals surface area contributed by atoms with E-state index in [0.717, 1.165) is 45.2 Å². The van der Waals surface area contributed by atoms with Crippen molar-refractivity contribution < 1.29 is 9.53 Å². The number of benzene rings is 4. The lowest BCUT2D eigenvalue weighted by Gasteiger charge is -2.10. The van der Waals surface area contributed by atoms with Crippen LogP contribution in [0.5, 0.6) is 5.75 Å². The van der Waals surface area contributed by atoms with Crippen LogP contribution in [0.15, 0.2) is 106 Å². The second-order valence-electron chi connectivity index (χ2n) is 8.87. The van der Waals surface area contributed by atoms with E-state index in [9.17, 15) is 4.79 Å². The second kappa shape index (κ2) is 11.4. The molecule has 38 heavy (non-hydrogen) atoms. The highest BCUT2D eigenvalue weighted by molar-refractivity contribution is 7.98. The number of nitrogen functional groups attached to an aromatic ring is 1. The molecule has 0 aromatic heterocycles. The maximum atomic E-state index is 12.5. The number of carbonyl (C=O) groups excluding carboxylic acids is 1. The molecule has 3 N–H and O–H groups in total. The summed E-state index contributed by atoms with van der Waals surface area (Å²) in [6, 6.07) is 29.6. The molecule has 0 unspecified atom stereocenters. The van der Waals surface area contributed by atoms with E-state index in [1.807, 2.05) is 73.0 Å². The van der Waals surface area contributed by atoms with Crippen LogP contribution in [0, 0.1) is 0 Å². The third kappa shape index (κ3) is 5.63. The third-order valence-electron chi connectivity index (χ3n) is 6.36. The van der Waals surface area contributed by atoms with Gasteiger partial charge in [0.1, 0.15) is 11.6 Å². The standard InChI is InChI=1S/C17H16N2O2S.C14H12N2/c1-21-15-10-12(22-2)7-8-13(15)17(20)19-16-9-11-5-3-4-6-14(11)18-16;15-12-7-5-10(6-8-12)14-9-11-3-1-2-4-13(11)16-14/h3-8,10H,9H2,1-2H3,(H,18,19,20);1-8H,9,15H2. The third-order valence-corrected chi connectivity index (χ3v) is 7.09. The number of anilines is 1. The first kappa shape index (κ1) is 25.3. The summed E-state index contributed by atoms with van der Waals surface area (Å²) >= 11 is 1.61. The number of amides is 1. The Kier molecular flexibility index (Phi) is 7.56. The van der Waals surface area contributed by atoms with Crippen LogP contribution in [0.1, 0.15) is 27.0 Å². The van der Waals surface area contributed by atoms with E-state index in [4.69, 9.17) is 10.5 Å². The normalized spacial score (nSPS) is 12.9. The molecule has 2 heterocycles. The van der Waals surface area contributed by atoms with Crippen LogP contribution in [0.25, 0.3) is 0 Å². The van der Waals surface area contributed by atoms with E-state index in [1.54, 1.807) is 24.9 Å². The Hall–Kier alpha value is -4.36. The zero-order valence-corrected chi connectivity index (χ0v) is 22.1. The Morgan fingerprint density at radius 2 is 1.53 bits per heavy atom. The minimum atomic E-state index is -0.198. The van der Waals surface area contributed by atoms with Crippen molar-refractivity contribution in [3.63, 3.8) is 0 Å². The number of hydrogen-bond donors (Lipinski definition) is 2. The second-order valence-corrected chi connectivity index (χ2v) is 9.75. The molecule has 6 rings (SSSR count). The van der Waals surface area contributed by atoms with Crippen LogP contribution >= 0.6 is 11.8 Å². The lowest BCUT2D eigenvalue weighted by atomic mass is 10.0. The van der Waals surface area contributed by atoms with Gasteiger partial charge in [-0.05, 0) is 65.4 Å². The van der Waals surface area contributed by atoms with Crippen LogP contribution in [0.2, 0.25) is 0 Å². The van der Waals surface area contributed by atoms with Crippen LogP contribution in [0.4, 0.5) is 17.1 Å². The Bertz CT molecular complexity index is 1540. The average molecular weight is 521 g/mol. The highest BCUT2D eigenvalue weighted by Gasteiger charge is 2.19. The monoisotopic (exact) mass is 520 g/mol. The number of nitrogens with one attached hydrogen (secondary N) is 1. The predicted molar refractivity (Wildman–Crippen MR) is 157 cm³/mol. The fraction of sp³-hybridized carbons (Fsp3) is 0.129. The van der Waals surface area contributed by atoms with E-state index in [1.165, 1.54) is 5.56 Å².